The summed E-state index contributed by atoms with van der Waals surface area (Å²) in [5, 5.41) is 6.63. The summed E-state index contributed by atoms with van der Waals surface area (Å²) in [5.41, 5.74) is 1.16. The number of methoxy groups -OCH3 is 1. The number of nitrogens with one attached hydrogen (secondary N) is 2. The molecule has 2 atom stereocenters. The van der Waals surface area contributed by atoms with Gasteiger partial charge in [-0.2, -0.15) is 0 Å². The largest absolute Gasteiger partial charge is 0.456 e. The third kappa shape index (κ3) is 4.23. The summed E-state index contributed by atoms with van der Waals surface area (Å²) in [7, 11) is 1.71. The molecule has 2 aromatic rings. The lowest BCUT2D eigenvalue weighted by atomic mass is 10.1. The van der Waals surface area contributed by atoms with Crippen LogP contribution in [0.2, 0.25) is 0 Å². The fourth-order valence-electron chi connectivity index (χ4n) is 2.44. The first-order valence-electron chi connectivity index (χ1n) is 8.00. The first kappa shape index (κ1) is 16.3. The third-order valence-corrected chi connectivity index (χ3v) is 3.89. The molecule has 2 N–H and O–H groups in total. The second kappa shape index (κ2) is 7.79. The van der Waals surface area contributed by atoms with Gasteiger partial charge in [0, 0.05) is 19.9 Å². The number of nitrogens with zero attached hydrogens (tertiary/aromatic N) is 2. The van der Waals surface area contributed by atoms with E-state index in [2.05, 4.69) is 27.5 Å². The highest BCUT2D eigenvalue weighted by Crippen LogP contribution is 2.22. The van der Waals surface area contributed by atoms with Crippen LogP contribution in [0.3, 0.4) is 0 Å². The zero-order valence-corrected chi connectivity index (χ0v) is 13.9. The Kier molecular flexibility index (Phi) is 5.28. The summed E-state index contributed by atoms with van der Waals surface area (Å²) < 4.78 is 11.0. The van der Waals surface area contributed by atoms with Gasteiger partial charge >= 0.3 is 0 Å². The van der Waals surface area contributed by atoms with Crippen LogP contribution in [-0.4, -0.2) is 37.2 Å². The first-order chi connectivity index (χ1) is 11.7. The molecule has 2 heterocycles. The fraction of sp³-hybridized carbons (Fsp3) is 0.333. The van der Waals surface area contributed by atoms with Crippen molar-refractivity contribution in [2.24, 2.45) is 4.99 Å². The van der Waals surface area contributed by atoms with Gasteiger partial charge in [-0.3, -0.25) is 9.98 Å². The van der Waals surface area contributed by atoms with Gasteiger partial charge in [0.15, 0.2) is 5.96 Å². The van der Waals surface area contributed by atoms with E-state index in [1.54, 1.807) is 19.5 Å². The van der Waals surface area contributed by atoms with Gasteiger partial charge in [-0.05, 0) is 36.8 Å². The predicted octanol–water partition coefficient (Wildman–Crippen LogP) is 2.50. The van der Waals surface area contributed by atoms with Gasteiger partial charge < -0.3 is 20.1 Å². The zero-order valence-electron chi connectivity index (χ0n) is 13.9. The van der Waals surface area contributed by atoms with Crippen molar-refractivity contribution >= 4 is 5.96 Å². The third-order valence-electron chi connectivity index (χ3n) is 3.89. The van der Waals surface area contributed by atoms with Crippen LogP contribution in [0.15, 0.2) is 53.8 Å². The quantitative estimate of drug-likeness (QED) is 0.883. The van der Waals surface area contributed by atoms with Gasteiger partial charge in [-0.15, -0.1) is 0 Å². The maximum Gasteiger partial charge on any atom is 0.191 e. The Bertz CT molecular complexity index is 673. The minimum Gasteiger partial charge on any atom is -0.456 e. The lowest BCUT2D eigenvalue weighted by molar-refractivity contribution is 0.109. The average molecular weight is 326 g/mol. The van der Waals surface area contributed by atoms with E-state index >= 15 is 0 Å². The van der Waals surface area contributed by atoms with E-state index in [0.717, 1.165) is 29.6 Å². The summed E-state index contributed by atoms with van der Waals surface area (Å²) in [6, 6.07) is 11.9. The van der Waals surface area contributed by atoms with Gasteiger partial charge in [0.05, 0.1) is 24.9 Å². The topological polar surface area (TPSA) is 67.8 Å². The Morgan fingerprint density at radius 3 is 2.67 bits per heavy atom. The molecule has 1 aromatic heterocycles. The van der Waals surface area contributed by atoms with E-state index in [4.69, 9.17) is 9.47 Å². The van der Waals surface area contributed by atoms with Crippen molar-refractivity contribution in [2.45, 2.75) is 19.1 Å². The van der Waals surface area contributed by atoms with Crippen LogP contribution < -0.4 is 15.4 Å². The van der Waals surface area contributed by atoms with Crippen molar-refractivity contribution in [2.75, 3.05) is 20.2 Å². The highest BCUT2D eigenvalue weighted by molar-refractivity contribution is 5.80. The van der Waals surface area contributed by atoms with Crippen molar-refractivity contribution in [3.63, 3.8) is 0 Å². The van der Waals surface area contributed by atoms with Gasteiger partial charge in [-0.25, -0.2) is 0 Å². The fourth-order valence-corrected chi connectivity index (χ4v) is 2.44. The molecule has 0 bridgehead atoms. The minimum absolute atomic E-state index is 0.141. The lowest BCUT2D eigenvalue weighted by Gasteiger charge is -2.25. The van der Waals surface area contributed by atoms with Crippen LogP contribution in [0.25, 0.3) is 0 Å². The number of ether oxygens (including phenoxy) is 2. The number of pyridine rings is 1. The number of hydrogen-bond donors (Lipinski definition) is 2. The molecule has 0 saturated carbocycles. The molecule has 0 saturated heterocycles. The highest BCUT2D eigenvalue weighted by atomic mass is 16.5. The Morgan fingerprint density at radius 2 is 2.04 bits per heavy atom. The SMILES string of the molecule is COC1CN=C(NC(C)c2ccc(Oc3cccnc3)cc2)NC1. The van der Waals surface area contributed by atoms with Crippen molar-refractivity contribution < 1.29 is 9.47 Å². The summed E-state index contributed by atoms with van der Waals surface area (Å²) >= 11 is 0. The van der Waals surface area contributed by atoms with Gasteiger partial charge in [-0.1, -0.05) is 12.1 Å². The van der Waals surface area contributed by atoms with Crippen molar-refractivity contribution in [1.82, 2.24) is 15.6 Å². The second-order valence-electron chi connectivity index (χ2n) is 5.65. The number of rotatable bonds is 5. The monoisotopic (exact) mass is 326 g/mol. The Morgan fingerprint density at radius 1 is 1.21 bits per heavy atom. The Labute approximate surface area is 141 Å². The number of aromatic nitrogens is 1. The van der Waals surface area contributed by atoms with Crippen LogP contribution in [0.4, 0.5) is 0 Å². The molecule has 0 fully saturated rings. The minimum atomic E-state index is 0.141. The molecule has 0 amide bonds. The molecule has 3 rings (SSSR count). The first-order valence-corrected chi connectivity index (χ1v) is 8.00. The number of aliphatic imine (C=N–C) groups is 1. The molecule has 1 aromatic carbocycles. The van der Waals surface area contributed by atoms with Crippen molar-refractivity contribution in [3.05, 3.63) is 54.4 Å². The molecule has 6 heteroatoms. The van der Waals surface area contributed by atoms with Crippen LogP contribution in [0.5, 0.6) is 11.5 Å². The average Bonchev–Trinajstić information content (AvgIpc) is 2.64. The standard InChI is InChI=1S/C18H22N4O2/c1-13(22-18-20-11-17(23-2)12-21-18)14-5-7-15(8-6-14)24-16-4-3-9-19-10-16/h3-10,13,17H,11-12H2,1-2H3,(H2,20,21,22). The number of guanidine groups is 1. The number of benzene rings is 1. The molecular formula is C18H22N4O2. The van der Waals surface area contributed by atoms with Crippen LogP contribution in [0.1, 0.15) is 18.5 Å². The van der Waals surface area contributed by atoms with E-state index in [-0.39, 0.29) is 12.1 Å². The molecule has 24 heavy (non-hydrogen) atoms. The van der Waals surface area contributed by atoms with E-state index < -0.39 is 0 Å². The molecule has 126 valence electrons. The van der Waals surface area contributed by atoms with Crippen molar-refractivity contribution in [1.29, 1.82) is 0 Å². The number of hydrogen-bond acceptors (Lipinski definition) is 6. The van der Waals surface area contributed by atoms with Gasteiger partial charge in [0.1, 0.15) is 11.5 Å². The molecule has 0 radical (unpaired) electrons. The van der Waals surface area contributed by atoms with E-state index in [1.165, 1.54) is 0 Å². The molecular weight excluding hydrogens is 304 g/mol. The van der Waals surface area contributed by atoms with E-state index in [1.807, 2.05) is 36.4 Å². The molecule has 0 aliphatic carbocycles. The van der Waals surface area contributed by atoms with E-state index in [9.17, 15) is 0 Å². The van der Waals surface area contributed by atoms with Gasteiger partial charge in [0.2, 0.25) is 0 Å². The lowest BCUT2D eigenvalue weighted by Crippen LogP contribution is -2.47. The normalized spacial score (nSPS) is 18.2. The molecule has 0 spiro atoms. The smallest absolute Gasteiger partial charge is 0.191 e. The summed E-state index contributed by atoms with van der Waals surface area (Å²) in [6.45, 7) is 3.55. The summed E-state index contributed by atoms with van der Waals surface area (Å²) in [5.74, 6) is 2.33. The Balaban J connectivity index is 1.58. The van der Waals surface area contributed by atoms with Crippen LogP contribution in [0, 0.1) is 0 Å². The van der Waals surface area contributed by atoms with Gasteiger partial charge in [0.25, 0.3) is 0 Å². The Hall–Kier alpha value is -2.60. The molecule has 1 aliphatic rings. The maximum absolute atomic E-state index is 5.75. The van der Waals surface area contributed by atoms with Crippen LogP contribution in [-0.2, 0) is 4.74 Å². The molecule has 6 nitrogen and oxygen atoms in total. The van der Waals surface area contributed by atoms with Crippen LogP contribution >= 0.6 is 0 Å². The molecule has 1 aliphatic heterocycles. The summed E-state index contributed by atoms with van der Waals surface area (Å²) in [4.78, 5) is 8.50. The summed E-state index contributed by atoms with van der Waals surface area (Å²) in [6.07, 6.45) is 3.56. The second-order valence-corrected chi connectivity index (χ2v) is 5.65. The zero-order chi connectivity index (χ0) is 16.8. The maximum atomic E-state index is 5.75. The molecule has 2 unspecified atom stereocenters. The van der Waals surface area contributed by atoms with E-state index in [0.29, 0.717) is 6.54 Å². The highest BCUT2D eigenvalue weighted by Gasteiger charge is 2.15. The van der Waals surface area contributed by atoms with Crippen molar-refractivity contribution in [3.8, 4) is 11.5 Å². The predicted molar refractivity (Wildman–Crippen MR) is 93.4 cm³/mol.